The molecule has 0 spiro atoms. The molecule has 0 aliphatic rings. The van der Waals surface area contributed by atoms with Crippen molar-refractivity contribution >= 4 is 29.0 Å². The molecule has 1 heterocycles. The number of unbranched alkanes of at least 4 members (excludes halogenated alkanes) is 2. The fraction of sp³-hybridized carbons (Fsp3) is 0.400. The van der Waals surface area contributed by atoms with Crippen LogP contribution < -0.4 is 14.2 Å². The molecule has 0 unspecified atom stereocenters. The maximum absolute atomic E-state index is 13.0. The van der Waals surface area contributed by atoms with Crippen LogP contribution in [0.15, 0.2) is 24.5 Å². The molecular weight excluding hydrogens is 389 g/mol. The normalized spacial score (nSPS) is 10.6. The smallest absolute Gasteiger partial charge is 0.204 e. The Morgan fingerprint density at radius 1 is 1.04 bits per heavy atom. The molecule has 27 heavy (non-hydrogen) atoms. The molecule has 0 N–H and O–H groups in total. The first-order chi connectivity index (χ1) is 13.0. The first-order valence-electron chi connectivity index (χ1n) is 8.72. The van der Waals surface area contributed by atoms with E-state index in [1.807, 2.05) is 0 Å². The van der Waals surface area contributed by atoms with Gasteiger partial charge in [-0.15, -0.1) is 0 Å². The lowest BCUT2D eigenvalue weighted by Gasteiger charge is -2.17. The van der Waals surface area contributed by atoms with E-state index in [4.69, 9.17) is 37.4 Å². The fourth-order valence-corrected chi connectivity index (χ4v) is 3.15. The molecule has 0 amide bonds. The van der Waals surface area contributed by atoms with Crippen molar-refractivity contribution < 1.29 is 19.0 Å². The highest BCUT2D eigenvalue weighted by atomic mass is 35.5. The van der Waals surface area contributed by atoms with E-state index in [0.717, 1.165) is 19.3 Å². The highest BCUT2D eigenvalue weighted by molar-refractivity contribution is 6.36. The van der Waals surface area contributed by atoms with Crippen LogP contribution in [-0.4, -0.2) is 31.6 Å². The second-order valence-electron chi connectivity index (χ2n) is 5.91. The molecule has 0 bridgehead atoms. The number of hydrogen-bond donors (Lipinski definition) is 0. The number of Topliss-reactive ketones (excluding diaryl/α,β-unsaturated/α-hetero) is 1. The van der Waals surface area contributed by atoms with Crippen molar-refractivity contribution in [3.05, 3.63) is 45.7 Å². The highest BCUT2D eigenvalue weighted by Gasteiger charge is 2.23. The van der Waals surface area contributed by atoms with Crippen LogP contribution in [0.25, 0.3) is 0 Å². The molecule has 7 heteroatoms. The van der Waals surface area contributed by atoms with E-state index < -0.39 is 0 Å². The Bertz CT molecular complexity index is 776. The van der Waals surface area contributed by atoms with Crippen molar-refractivity contribution in [3.63, 3.8) is 0 Å². The van der Waals surface area contributed by atoms with E-state index in [-0.39, 0.29) is 12.2 Å². The van der Waals surface area contributed by atoms with Gasteiger partial charge in [-0.05, 0) is 18.6 Å². The molecule has 2 aromatic rings. The highest BCUT2D eigenvalue weighted by Crippen LogP contribution is 2.41. The summed E-state index contributed by atoms with van der Waals surface area (Å²) >= 11 is 12.3. The summed E-state index contributed by atoms with van der Waals surface area (Å²) in [6.45, 7) is 2.59. The molecule has 146 valence electrons. The third-order valence-electron chi connectivity index (χ3n) is 4.08. The van der Waals surface area contributed by atoms with Gasteiger partial charge in [-0.2, -0.15) is 0 Å². The Kier molecular flexibility index (Phi) is 8.20. The van der Waals surface area contributed by atoms with Gasteiger partial charge in [0, 0.05) is 24.4 Å². The molecule has 1 aromatic carbocycles. The average Bonchev–Trinajstić information content (AvgIpc) is 2.67. The van der Waals surface area contributed by atoms with E-state index in [9.17, 15) is 4.79 Å². The largest absolute Gasteiger partial charge is 0.493 e. The van der Waals surface area contributed by atoms with Crippen LogP contribution in [0.5, 0.6) is 17.2 Å². The van der Waals surface area contributed by atoms with Gasteiger partial charge < -0.3 is 14.2 Å². The Hall–Kier alpha value is -1.98. The summed E-state index contributed by atoms with van der Waals surface area (Å²) in [7, 11) is 3.05. The number of carbonyl (C=O) groups is 1. The van der Waals surface area contributed by atoms with E-state index >= 15 is 0 Å². The van der Waals surface area contributed by atoms with Crippen molar-refractivity contribution in [2.45, 2.75) is 32.6 Å². The van der Waals surface area contributed by atoms with E-state index in [2.05, 4.69) is 11.9 Å². The van der Waals surface area contributed by atoms with Gasteiger partial charge in [0.2, 0.25) is 5.75 Å². The lowest BCUT2D eigenvalue weighted by molar-refractivity contribution is 0.0988. The molecule has 1 aromatic heterocycles. The first-order valence-corrected chi connectivity index (χ1v) is 9.47. The molecule has 0 radical (unpaired) electrons. The Morgan fingerprint density at radius 3 is 2.33 bits per heavy atom. The third kappa shape index (κ3) is 5.27. The molecule has 0 aliphatic heterocycles. The summed E-state index contributed by atoms with van der Waals surface area (Å²) in [6, 6.07) is 3.35. The molecule has 0 atom stereocenters. The number of pyridine rings is 1. The van der Waals surface area contributed by atoms with Gasteiger partial charge in [-0.3, -0.25) is 9.78 Å². The van der Waals surface area contributed by atoms with Gasteiger partial charge in [-0.25, -0.2) is 0 Å². The molecule has 0 aliphatic carbocycles. The van der Waals surface area contributed by atoms with Gasteiger partial charge >= 0.3 is 0 Å². The summed E-state index contributed by atoms with van der Waals surface area (Å²) in [6.07, 6.45) is 5.95. The number of rotatable bonds is 10. The third-order valence-corrected chi connectivity index (χ3v) is 4.74. The Balaban J connectivity index is 2.37. The van der Waals surface area contributed by atoms with Gasteiger partial charge in [0.25, 0.3) is 0 Å². The number of aromatic nitrogens is 1. The van der Waals surface area contributed by atoms with Crippen LogP contribution in [0.1, 0.15) is 42.1 Å². The topological polar surface area (TPSA) is 57.7 Å². The van der Waals surface area contributed by atoms with E-state index in [1.54, 1.807) is 12.1 Å². The molecule has 0 saturated carbocycles. The van der Waals surface area contributed by atoms with Crippen LogP contribution in [0.4, 0.5) is 0 Å². The van der Waals surface area contributed by atoms with Crippen LogP contribution in [0, 0.1) is 0 Å². The summed E-state index contributed by atoms with van der Waals surface area (Å²) in [5.41, 5.74) is 0.929. The van der Waals surface area contributed by atoms with Gasteiger partial charge in [0.1, 0.15) is 0 Å². The van der Waals surface area contributed by atoms with E-state index in [1.165, 1.54) is 26.6 Å². The SMILES string of the molecule is CCCCCOc1c(C(=O)Cc2c(Cl)cncc2Cl)ccc(OC)c1OC. The van der Waals surface area contributed by atoms with Crippen molar-refractivity contribution in [3.8, 4) is 17.2 Å². The van der Waals surface area contributed by atoms with Crippen molar-refractivity contribution in [1.29, 1.82) is 0 Å². The minimum atomic E-state index is -0.184. The molecule has 0 fully saturated rings. The predicted octanol–water partition coefficient (Wildman–Crippen LogP) is 5.40. The number of halogens is 2. The molecule has 5 nitrogen and oxygen atoms in total. The second kappa shape index (κ2) is 10.4. The van der Waals surface area contributed by atoms with Crippen molar-refractivity contribution in [1.82, 2.24) is 4.98 Å². The first kappa shape index (κ1) is 21.3. The Morgan fingerprint density at radius 2 is 1.74 bits per heavy atom. The fourth-order valence-electron chi connectivity index (χ4n) is 2.65. The second-order valence-corrected chi connectivity index (χ2v) is 6.73. The predicted molar refractivity (Wildman–Crippen MR) is 107 cm³/mol. The number of nitrogens with zero attached hydrogens (tertiary/aromatic N) is 1. The van der Waals surface area contributed by atoms with Gasteiger partial charge in [0.05, 0.1) is 36.4 Å². The molecule has 2 rings (SSSR count). The van der Waals surface area contributed by atoms with Crippen molar-refractivity contribution in [2.75, 3.05) is 20.8 Å². The minimum absolute atomic E-state index is 0.0288. The van der Waals surface area contributed by atoms with E-state index in [0.29, 0.717) is 45.0 Å². The Labute approximate surface area is 169 Å². The van der Waals surface area contributed by atoms with Crippen LogP contribution in [0.2, 0.25) is 10.0 Å². The maximum Gasteiger partial charge on any atom is 0.204 e. The number of hydrogen-bond acceptors (Lipinski definition) is 5. The molecule has 0 saturated heterocycles. The number of ether oxygens (including phenoxy) is 3. The zero-order chi connectivity index (χ0) is 19.8. The standard InChI is InChI=1S/C20H23Cl2NO4/c1-4-5-6-9-27-19-13(7-8-18(25-2)20(19)26-3)17(24)10-14-15(21)11-23-12-16(14)22/h7-8,11-12H,4-6,9-10H2,1-3H3. The van der Waals surface area contributed by atoms with Crippen LogP contribution in [0.3, 0.4) is 0 Å². The minimum Gasteiger partial charge on any atom is -0.493 e. The summed E-state index contributed by atoms with van der Waals surface area (Å²) in [5.74, 6) is 1.09. The van der Waals surface area contributed by atoms with Gasteiger partial charge in [-0.1, -0.05) is 43.0 Å². The molecular formula is C20H23Cl2NO4. The van der Waals surface area contributed by atoms with Crippen LogP contribution >= 0.6 is 23.2 Å². The number of methoxy groups -OCH3 is 2. The zero-order valence-electron chi connectivity index (χ0n) is 15.7. The maximum atomic E-state index is 13.0. The number of carbonyl (C=O) groups excluding carboxylic acids is 1. The lowest BCUT2D eigenvalue weighted by atomic mass is 10.0. The quantitative estimate of drug-likeness (QED) is 0.386. The monoisotopic (exact) mass is 411 g/mol. The number of benzene rings is 1. The summed E-state index contributed by atoms with van der Waals surface area (Å²) in [4.78, 5) is 16.9. The number of ketones is 1. The van der Waals surface area contributed by atoms with Crippen molar-refractivity contribution in [2.24, 2.45) is 0 Å². The summed E-state index contributed by atoms with van der Waals surface area (Å²) in [5, 5.41) is 0.698. The zero-order valence-corrected chi connectivity index (χ0v) is 17.2. The summed E-state index contributed by atoms with van der Waals surface area (Å²) < 4.78 is 16.7. The lowest BCUT2D eigenvalue weighted by Crippen LogP contribution is -2.10. The van der Waals surface area contributed by atoms with Crippen LogP contribution in [-0.2, 0) is 6.42 Å². The average molecular weight is 412 g/mol. The van der Waals surface area contributed by atoms with Gasteiger partial charge in [0.15, 0.2) is 17.3 Å².